The van der Waals surface area contributed by atoms with E-state index < -0.39 is 11.0 Å². The number of likely N-dealkylation sites (N-methyl/N-ethyl adjacent to an activating group) is 1. The Morgan fingerprint density at radius 3 is 2.77 bits per heavy atom. The Morgan fingerprint density at radius 1 is 1.13 bits per heavy atom. The Hall–Kier alpha value is -3.33. The Morgan fingerprint density at radius 2 is 2.00 bits per heavy atom. The van der Waals surface area contributed by atoms with E-state index in [0.717, 1.165) is 59.0 Å². The lowest BCUT2D eigenvalue weighted by Gasteiger charge is -2.26. The summed E-state index contributed by atoms with van der Waals surface area (Å²) in [7, 11) is 0.648. The molecule has 8 nitrogen and oxygen atoms in total. The average Bonchev–Trinajstić information content (AvgIpc) is 3.38. The first-order chi connectivity index (χ1) is 15.1. The Kier molecular flexibility index (Phi) is 5.11. The van der Waals surface area contributed by atoms with Gasteiger partial charge < -0.3 is 9.64 Å². The summed E-state index contributed by atoms with van der Waals surface area (Å²) in [6.45, 7) is 3.34. The molecule has 0 bridgehead atoms. The SMILES string of the molecule is CC1=NS(=O)C(n2cc(CCc3ccc(-c4cnc5c(c4)OCCN5C)nc3)cn2)=C1. The van der Waals surface area contributed by atoms with E-state index in [-0.39, 0.29) is 0 Å². The van der Waals surface area contributed by atoms with E-state index >= 15 is 0 Å². The molecular weight excluding hydrogens is 412 g/mol. The smallest absolute Gasteiger partial charge is 0.191 e. The van der Waals surface area contributed by atoms with Crippen LogP contribution in [0.3, 0.4) is 0 Å². The van der Waals surface area contributed by atoms with Gasteiger partial charge in [-0.05, 0) is 49.1 Å². The molecule has 0 fully saturated rings. The van der Waals surface area contributed by atoms with Gasteiger partial charge in [-0.3, -0.25) is 4.98 Å². The molecule has 0 aliphatic carbocycles. The minimum atomic E-state index is -1.37. The monoisotopic (exact) mass is 434 g/mol. The molecule has 0 spiro atoms. The molecule has 3 aromatic heterocycles. The van der Waals surface area contributed by atoms with Crippen LogP contribution in [0.2, 0.25) is 0 Å². The fourth-order valence-corrected chi connectivity index (χ4v) is 4.53. The van der Waals surface area contributed by atoms with E-state index in [1.165, 1.54) is 0 Å². The molecule has 0 radical (unpaired) electrons. The minimum Gasteiger partial charge on any atom is -0.488 e. The number of hydrogen-bond donors (Lipinski definition) is 0. The molecule has 5 rings (SSSR count). The van der Waals surface area contributed by atoms with Crippen LogP contribution in [0.25, 0.3) is 16.3 Å². The number of fused-ring (bicyclic) bond motifs is 1. The van der Waals surface area contributed by atoms with Gasteiger partial charge in [-0.15, -0.1) is 0 Å². The second kappa shape index (κ2) is 8.07. The van der Waals surface area contributed by atoms with Crippen molar-refractivity contribution >= 4 is 27.5 Å². The van der Waals surface area contributed by atoms with E-state index in [1.807, 2.05) is 50.9 Å². The number of rotatable bonds is 5. The predicted octanol–water partition coefficient (Wildman–Crippen LogP) is 2.89. The van der Waals surface area contributed by atoms with Crippen molar-refractivity contribution in [2.75, 3.05) is 25.1 Å². The quantitative estimate of drug-likeness (QED) is 0.614. The molecule has 31 heavy (non-hydrogen) atoms. The van der Waals surface area contributed by atoms with Crippen molar-refractivity contribution in [3.05, 3.63) is 60.2 Å². The summed E-state index contributed by atoms with van der Waals surface area (Å²) >= 11 is 0. The number of aromatic nitrogens is 4. The van der Waals surface area contributed by atoms with E-state index in [1.54, 1.807) is 10.8 Å². The molecule has 0 saturated heterocycles. The molecule has 0 aromatic carbocycles. The standard InChI is InChI=1S/C22H22N6O2S/c1-15-9-21(31(29)26-15)28-14-17(12-25-28)4-3-16-5-6-19(23-11-16)18-10-20-22(24-13-18)27(2)7-8-30-20/h5-6,9-14H,3-4,7-8H2,1-2H3. The first-order valence-electron chi connectivity index (χ1n) is 10.1. The van der Waals surface area contributed by atoms with Gasteiger partial charge in [0.15, 0.2) is 27.6 Å². The maximum Gasteiger partial charge on any atom is 0.191 e. The van der Waals surface area contributed by atoms with Crippen molar-refractivity contribution in [2.24, 2.45) is 4.40 Å². The summed E-state index contributed by atoms with van der Waals surface area (Å²) in [5, 5.41) is 4.93. The van der Waals surface area contributed by atoms with Gasteiger partial charge in [-0.25, -0.2) is 13.9 Å². The normalized spacial score (nSPS) is 17.7. The van der Waals surface area contributed by atoms with Crippen LogP contribution in [0.4, 0.5) is 5.82 Å². The van der Waals surface area contributed by atoms with Crippen molar-refractivity contribution in [3.8, 4) is 17.0 Å². The summed E-state index contributed by atoms with van der Waals surface area (Å²) in [5.41, 5.74) is 4.78. The first kappa shape index (κ1) is 19.6. The number of pyridine rings is 2. The van der Waals surface area contributed by atoms with Crippen LogP contribution in [-0.2, 0) is 23.8 Å². The summed E-state index contributed by atoms with van der Waals surface area (Å²) < 4.78 is 23.4. The molecule has 0 saturated carbocycles. The third kappa shape index (κ3) is 4.00. The van der Waals surface area contributed by atoms with Gasteiger partial charge >= 0.3 is 0 Å². The molecule has 5 heterocycles. The topological polar surface area (TPSA) is 85.5 Å². The summed E-state index contributed by atoms with van der Waals surface area (Å²) in [6, 6.07) is 6.10. The number of nitrogens with zero attached hydrogens (tertiary/aromatic N) is 6. The maximum absolute atomic E-state index is 12.0. The zero-order chi connectivity index (χ0) is 21.4. The zero-order valence-electron chi connectivity index (χ0n) is 17.4. The number of anilines is 1. The van der Waals surface area contributed by atoms with Crippen molar-refractivity contribution in [2.45, 2.75) is 19.8 Å². The van der Waals surface area contributed by atoms with Crippen molar-refractivity contribution in [3.63, 3.8) is 0 Å². The van der Waals surface area contributed by atoms with Crippen molar-refractivity contribution < 1.29 is 8.95 Å². The predicted molar refractivity (Wildman–Crippen MR) is 121 cm³/mol. The highest BCUT2D eigenvalue weighted by molar-refractivity contribution is 7.93. The maximum atomic E-state index is 12.0. The average molecular weight is 435 g/mol. The van der Waals surface area contributed by atoms with Gasteiger partial charge in [0.1, 0.15) is 6.61 Å². The van der Waals surface area contributed by atoms with E-state index in [0.29, 0.717) is 11.6 Å². The van der Waals surface area contributed by atoms with Gasteiger partial charge in [0.2, 0.25) is 0 Å². The van der Waals surface area contributed by atoms with Gasteiger partial charge in [0.05, 0.1) is 24.1 Å². The van der Waals surface area contributed by atoms with Crippen molar-refractivity contribution in [1.82, 2.24) is 19.7 Å². The van der Waals surface area contributed by atoms with Crippen LogP contribution in [0.5, 0.6) is 5.75 Å². The zero-order valence-corrected chi connectivity index (χ0v) is 18.2. The fourth-order valence-electron chi connectivity index (χ4n) is 3.59. The van der Waals surface area contributed by atoms with Crippen LogP contribution in [0, 0.1) is 0 Å². The number of aryl methyl sites for hydroxylation is 2. The van der Waals surface area contributed by atoms with E-state index in [9.17, 15) is 4.21 Å². The summed E-state index contributed by atoms with van der Waals surface area (Å²) in [4.78, 5) is 11.3. The summed E-state index contributed by atoms with van der Waals surface area (Å²) in [6.07, 6.45) is 10.9. The summed E-state index contributed by atoms with van der Waals surface area (Å²) in [5.74, 6) is 1.67. The second-order valence-corrected chi connectivity index (χ2v) is 8.72. The van der Waals surface area contributed by atoms with Crippen LogP contribution < -0.4 is 9.64 Å². The molecule has 9 heteroatoms. The molecule has 2 aliphatic rings. The highest BCUT2D eigenvalue weighted by Crippen LogP contribution is 2.32. The van der Waals surface area contributed by atoms with Gasteiger partial charge in [-0.1, -0.05) is 6.07 Å². The molecule has 1 unspecified atom stereocenters. The van der Waals surface area contributed by atoms with Crippen LogP contribution in [0.15, 0.2) is 53.5 Å². The molecular formula is C22H22N6O2S. The highest BCUT2D eigenvalue weighted by atomic mass is 32.2. The fraction of sp³-hybridized carbons (Fsp3) is 0.273. The van der Waals surface area contributed by atoms with Gasteiger partial charge in [0.25, 0.3) is 0 Å². The number of ether oxygens (including phenoxy) is 1. The van der Waals surface area contributed by atoms with Crippen LogP contribution in [0.1, 0.15) is 18.1 Å². The van der Waals surface area contributed by atoms with Gasteiger partial charge in [0, 0.05) is 31.2 Å². The Labute approximate surface area is 182 Å². The molecule has 0 amide bonds. The Balaban J connectivity index is 1.25. The minimum absolute atomic E-state index is 0.601. The number of hydrogen-bond acceptors (Lipinski definition) is 6. The molecule has 158 valence electrons. The van der Waals surface area contributed by atoms with Crippen molar-refractivity contribution in [1.29, 1.82) is 0 Å². The third-order valence-corrected chi connectivity index (χ3v) is 6.42. The highest BCUT2D eigenvalue weighted by Gasteiger charge is 2.18. The van der Waals surface area contributed by atoms with Crippen LogP contribution >= 0.6 is 0 Å². The van der Waals surface area contributed by atoms with Gasteiger partial charge in [-0.2, -0.15) is 9.50 Å². The second-order valence-electron chi connectivity index (χ2n) is 7.62. The van der Waals surface area contributed by atoms with E-state index in [2.05, 4.69) is 30.4 Å². The molecule has 1 atom stereocenters. The number of allylic oxidation sites excluding steroid dienone is 1. The lowest BCUT2D eigenvalue weighted by atomic mass is 10.1. The Bertz CT molecular complexity index is 1210. The molecule has 2 aliphatic heterocycles. The van der Waals surface area contributed by atoms with E-state index in [4.69, 9.17) is 4.74 Å². The lowest BCUT2D eigenvalue weighted by Crippen LogP contribution is -2.29. The first-order valence-corrected chi connectivity index (χ1v) is 11.2. The third-order valence-electron chi connectivity index (χ3n) is 5.30. The molecule has 3 aromatic rings. The van der Waals surface area contributed by atoms with Crippen LogP contribution in [-0.4, -0.2) is 49.9 Å². The largest absolute Gasteiger partial charge is 0.488 e. The lowest BCUT2D eigenvalue weighted by molar-refractivity contribution is 0.309. The molecule has 0 N–H and O–H groups in total.